The molecule has 1 aliphatic rings. The molecule has 1 heterocycles. The number of carbonyl (C=O) groups is 1. The first-order valence-corrected chi connectivity index (χ1v) is 7.13. The molecule has 3 heteroatoms. The highest BCUT2D eigenvalue weighted by molar-refractivity contribution is 6.31. The molecule has 1 aliphatic heterocycles. The molecule has 2 nitrogen and oxygen atoms in total. The largest absolute Gasteiger partial charge is 0.303 e. The van der Waals surface area contributed by atoms with Gasteiger partial charge in [-0.15, -0.1) is 0 Å². The van der Waals surface area contributed by atoms with E-state index in [0.717, 1.165) is 18.5 Å². The summed E-state index contributed by atoms with van der Waals surface area (Å²) in [5, 5.41) is 3.96. The minimum Gasteiger partial charge on any atom is -0.303 e. The highest BCUT2D eigenvalue weighted by Crippen LogP contribution is 2.21. The summed E-state index contributed by atoms with van der Waals surface area (Å²) in [4.78, 5) is 12.6. The van der Waals surface area contributed by atoms with Crippen molar-refractivity contribution in [2.24, 2.45) is 0 Å². The van der Waals surface area contributed by atoms with Crippen molar-refractivity contribution in [3.8, 4) is 0 Å². The maximum atomic E-state index is 12.6. The molecule has 0 spiro atoms. The molecule has 3 rings (SSSR count). The SMILES string of the molecule is Cc1ccc(C(=O)C2Cc3ccccc3CN2)cc1Cl. The van der Waals surface area contributed by atoms with E-state index in [2.05, 4.69) is 17.4 Å². The number of benzene rings is 2. The zero-order valence-corrected chi connectivity index (χ0v) is 12.1. The predicted octanol–water partition coefficient (Wildman–Crippen LogP) is 3.55. The summed E-state index contributed by atoms with van der Waals surface area (Å²) < 4.78 is 0. The van der Waals surface area contributed by atoms with Crippen LogP contribution in [0.2, 0.25) is 5.02 Å². The normalized spacial score (nSPS) is 17.6. The number of halogens is 1. The second-order valence-corrected chi connectivity index (χ2v) is 5.64. The van der Waals surface area contributed by atoms with Crippen molar-refractivity contribution in [3.05, 3.63) is 69.7 Å². The molecule has 20 heavy (non-hydrogen) atoms. The van der Waals surface area contributed by atoms with E-state index in [1.165, 1.54) is 11.1 Å². The van der Waals surface area contributed by atoms with Crippen molar-refractivity contribution in [2.75, 3.05) is 0 Å². The predicted molar refractivity (Wildman–Crippen MR) is 81.3 cm³/mol. The van der Waals surface area contributed by atoms with E-state index < -0.39 is 0 Å². The molecule has 0 saturated heterocycles. The van der Waals surface area contributed by atoms with Gasteiger partial charge < -0.3 is 5.32 Å². The third-order valence-corrected chi connectivity index (χ3v) is 4.26. The Kier molecular flexibility index (Phi) is 3.60. The molecule has 0 aliphatic carbocycles. The molecule has 0 fully saturated rings. The highest BCUT2D eigenvalue weighted by Gasteiger charge is 2.24. The third-order valence-electron chi connectivity index (χ3n) is 3.85. The fourth-order valence-electron chi connectivity index (χ4n) is 2.59. The monoisotopic (exact) mass is 285 g/mol. The number of carbonyl (C=O) groups excluding carboxylic acids is 1. The summed E-state index contributed by atoms with van der Waals surface area (Å²) in [5.41, 5.74) is 4.20. The van der Waals surface area contributed by atoms with Gasteiger partial charge >= 0.3 is 0 Å². The number of aryl methyl sites for hydroxylation is 1. The van der Waals surface area contributed by atoms with E-state index in [1.54, 1.807) is 6.07 Å². The van der Waals surface area contributed by atoms with E-state index in [4.69, 9.17) is 11.6 Å². The average molecular weight is 286 g/mol. The van der Waals surface area contributed by atoms with E-state index in [-0.39, 0.29) is 11.8 Å². The second kappa shape index (κ2) is 5.39. The Hall–Kier alpha value is -1.64. The number of hydrogen-bond donors (Lipinski definition) is 1. The van der Waals surface area contributed by atoms with E-state index >= 15 is 0 Å². The minimum absolute atomic E-state index is 0.112. The summed E-state index contributed by atoms with van der Waals surface area (Å²) in [5.74, 6) is 0.112. The number of rotatable bonds is 2. The molecule has 1 atom stereocenters. The van der Waals surface area contributed by atoms with Gasteiger partial charge in [0.1, 0.15) is 0 Å². The van der Waals surface area contributed by atoms with Crippen molar-refractivity contribution in [2.45, 2.75) is 25.9 Å². The number of fused-ring (bicyclic) bond motifs is 1. The van der Waals surface area contributed by atoms with Gasteiger partial charge in [-0.05, 0) is 36.1 Å². The van der Waals surface area contributed by atoms with Gasteiger partial charge in [0.2, 0.25) is 0 Å². The van der Waals surface area contributed by atoms with Gasteiger partial charge in [0.05, 0.1) is 6.04 Å². The zero-order valence-electron chi connectivity index (χ0n) is 11.3. The Labute approximate surface area is 123 Å². The molecular formula is C17H16ClNO. The first kappa shape index (κ1) is 13.3. The van der Waals surface area contributed by atoms with Gasteiger partial charge in [0, 0.05) is 17.1 Å². The summed E-state index contributed by atoms with van der Waals surface area (Å²) in [6.45, 7) is 2.68. The minimum atomic E-state index is -0.163. The van der Waals surface area contributed by atoms with Crippen molar-refractivity contribution >= 4 is 17.4 Å². The van der Waals surface area contributed by atoms with Gasteiger partial charge in [-0.1, -0.05) is 48.0 Å². The van der Waals surface area contributed by atoms with Gasteiger partial charge in [0.15, 0.2) is 5.78 Å². The van der Waals surface area contributed by atoms with Crippen molar-refractivity contribution < 1.29 is 4.79 Å². The lowest BCUT2D eigenvalue weighted by Crippen LogP contribution is -2.41. The number of ketones is 1. The van der Waals surface area contributed by atoms with Crippen LogP contribution in [-0.2, 0) is 13.0 Å². The van der Waals surface area contributed by atoms with Crippen LogP contribution in [-0.4, -0.2) is 11.8 Å². The summed E-state index contributed by atoms with van der Waals surface area (Å²) >= 11 is 6.11. The lowest BCUT2D eigenvalue weighted by Gasteiger charge is -2.25. The number of Topliss-reactive ketones (excluding diaryl/α,β-unsaturated/α-hetero) is 1. The van der Waals surface area contributed by atoms with Crippen LogP contribution in [0.3, 0.4) is 0 Å². The maximum absolute atomic E-state index is 12.6. The second-order valence-electron chi connectivity index (χ2n) is 5.23. The number of hydrogen-bond acceptors (Lipinski definition) is 2. The summed E-state index contributed by atoms with van der Waals surface area (Å²) in [6.07, 6.45) is 0.737. The van der Waals surface area contributed by atoms with Crippen LogP contribution in [0.15, 0.2) is 42.5 Å². The van der Waals surface area contributed by atoms with Crippen molar-refractivity contribution in [1.29, 1.82) is 0 Å². The third kappa shape index (κ3) is 2.49. The molecule has 0 amide bonds. The lowest BCUT2D eigenvalue weighted by atomic mass is 9.91. The van der Waals surface area contributed by atoms with Crippen molar-refractivity contribution in [3.63, 3.8) is 0 Å². The van der Waals surface area contributed by atoms with Crippen LogP contribution in [0.4, 0.5) is 0 Å². The smallest absolute Gasteiger partial charge is 0.180 e. The first-order valence-electron chi connectivity index (χ1n) is 6.75. The Morgan fingerprint density at radius 3 is 2.70 bits per heavy atom. The quantitative estimate of drug-likeness (QED) is 0.855. The fourth-order valence-corrected chi connectivity index (χ4v) is 2.77. The Bertz CT molecular complexity index is 666. The molecule has 102 valence electrons. The van der Waals surface area contributed by atoms with Crippen LogP contribution >= 0.6 is 11.6 Å². The molecule has 0 radical (unpaired) electrons. The molecule has 0 saturated carbocycles. The fraction of sp³-hybridized carbons (Fsp3) is 0.235. The number of nitrogens with one attached hydrogen (secondary N) is 1. The molecule has 0 aromatic heterocycles. The Morgan fingerprint density at radius 1 is 1.20 bits per heavy atom. The van der Waals surface area contributed by atoms with Gasteiger partial charge in [-0.3, -0.25) is 4.79 Å². The molecule has 0 bridgehead atoms. The lowest BCUT2D eigenvalue weighted by molar-refractivity contribution is 0.0938. The molecule has 1 unspecified atom stereocenters. The van der Waals surface area contributed by atoms with Crippen molar-refractivity contribution in [1.82, 2.24) is 5.32 Å². The standard InChI is InChI=1S/C17H16ClNO/c1-11-6-7-13(8-15(11)18)17(20)16-9-12-4-2-3-5-14(12)10-19-16/h2-8,16,19H,9-10H2,1H3. The van der Waals surface area contributed by atoms with Crippen LogP contribution in [0, 0.1) is 6.92 Å². The van der Waals surface area contributed by atoms with Crippen LogP contribution in [0.25, 0.3) is 0 Å². The average Bonchev–Trinajstić information content (AvgIpc) is 2.49. The van der Waals surface area contributed by atoms with Crippen LogP contribution < -0.4 is 5.32 Å². The summed E-state index contributed by atoms with van der Waals surface area (Å²) in [6, 6.07) is 13.6. The highest BCUT2D eigenvalue weighted by atomic mass is 35.5. The Balaban J connectivity index is 1.84. The van der Waals surface area contributed by atoms with Crippen LogP contribution in [0.5, 0.6) is 0 Å². The molecule has 1 N–H and O–H groups in total. The van der Waals surface area contributed by atoms with Gasteiger partial charge in [-0.2, -0.15) is 0 Å². The molecule has 2 aromatic carbocycles. The zero-order chi connectivity index (χ0) is 14.1. The van der Waals surface area contributed by atoms with E-state index in [0.29, 0.717) is 10.6 Å². The van der Waals surface area contributed by atoms with Gasteiger partial charge in [-0.25, -0.2) is 0 Å². The molecular weight excluding hydrogens is 270 g/mol. The van der Waals surface area contributed by atoms with Gasteiger partial charge in [0.25, 0.3) is 0 Å². The Morgan fingerprint density at radius 2 is 1.95 bits per heavy atom. The molecule has 2 aromatic rings. The van der Waals surface area contributed by atoms with E-state index in [1.807, 2.05) is 31.2 Å². The maximum Gasteiger partial charge on any atom is 0.180 e. The van der Waals surface area contributed by atoms with E-state index in [9.17, 15) is 4.79 Å². The first-order chi connectivity index (χ1) is 9.65. The van der Waals surface area contributed by atoms with Crippen LogP contribution in [0.1, 0.15) is 27.0 Å². The topological polar surface area (TPSA) is 29.1 Å². The summed E-state index contributed by atoms with van der Waals surface area (Å²) in [7, 11) is 0.